The molecule has 0 saturated heterocycles. The Hall–Kier alpha value is -1.39. The topological polar surface area (TPSA) is 69.2 Å². The Kier molecular flexibility index (Phi) is 3.82. The number of nitro groups is 1. The molecular formula is C10H11ClN2O2. The van der Waals surface area contributed by atoms with Crippen molar-refractivity contribution in [1.29, 1.82) is 0 Å². The largest absolute Gasteiger partial charge is 0.327 e. The number of non-ortho nitro benzene ring substituents is 1. The Bertz CT molecular complexity index is 416. The zero-order valence-electron chi connectivity index (χ0n) is 8.24. The molecule has 0 bridgehead atoms. The van der Waals surface area contributed by atoms with Gasteiger partial charge in [-0.1, -0.05) is 23.3 Å². The van der Waals surface area contributed by atoms with Gasteiger partial charge in [0.15, 0.2) is 0 Å². The lowest BCUT2D eigenvalue weighted by Crippen LogP contribution is -1.99. The first-order chi connectivity index (χ1) is 7.04. The lowest BCUT2D eigenvalue weighted by Gasteiger charge is -2.00. The molecule has 0 spiro atoms. The van der Waals surface area contributed by atoms with Crippen molar-refractivity contribution >= 4 is 23.4 Å². The first kappa shape index (κ1) is 11.7. The van der Waals surface area contributed by atoms with E-state index in [1.807, 2.05) is 6.92 Å². The molecule has 0 atom stereocenters. The van der Waals surface area contributed by atoms with Crippen LogP contribution < -0.4 is 5.73 Å². The number of nitro benzene ring substituents is 1. The van der Waals surface area contributed by atoms with Gasteiger partial charge in [-0.25, -0.2) is 0 Å². The molecule has 15 heavy (non-hydrogen) atoms. The number of benzene rings is 1. The summed E-state index contributed by atoms with van der Waals surface area (Å²) in [6, 6.07) is 4.31. The van der Waals surface area contributed by atoms with Crippen LogP contribution in [0.25, 0.3) is 6.08 Å². The molecule has 0 radical (unpaired) electrons. The molecule has 0 amide bonds. The number of nitrogens with zero attached hydrogens (tertiary/aromatic N) is 1. The molecule has 0 unspecified atom stereocenters. The highest BCUT2D eigenvalue weighted by atomic mass is 35.5. The van der Waals surface area contributed by atoms with Crippen LogP contribution in [0.15, 0.2) is 23.8 Å². The lowest BCUT2D eigenvalue weighted by atomic mass is 10.1. The summed E-state index contributed by atoms with van der Waals surface area (Å²) in [6.07, 6.45) is 1.75. The predicted molar refractivity (Wildman–Crippen MR) is 60.8 cm³/mol. The molecule has 0 saturated carbocycles. The van der Waals surface area contributed by atoms with E-state index in [4.69, 9.17) is 17.3 Å². The van der Waals surface area contributed by atoms with Crippen molar-refractivity contribution < 1.29 is 4.92 Å². The SMILES string of the molecule is CC(=Cc1cc([N+](=O)[O-])ccc1Cl)CN. The van der Waals surface area contributed by atoms with E-state index in [9.17, 15) is 10.1 Å². The van der Waals surface area contributed by atoms with E-state index in [2.05, 4.69) is 0 Å². The monoisotopic (exact) mass is 226 g/mol. The van der Waals surface area contributed by atoms with Gasteiger partial charge < -0.3 is 5.73 Å². The van der Waals surface area contributed by atoms with Crippen LogP contribution in [0.5, 0.6) is 0 Å². The van der Waals surface area contributed by atoms with E-state index in [-0.39, 0.29) is 5.69 Å². The summed E-state index contributed by atoms with van der Waals surface area (Å²) >= 11 is 5.89. The minimum atomic E-state index is -0.453. The molecule has 1 rings (SSSR count). The Balaban J connectivity index is 3.17. The van der Waals surface area contributed by atoms with Crippen LogP contribution in [-0.4, -0.2) is 11.5 Å². The van der Waals surface area contributed by atoms with E-state index >= 15 is 0 Å². The van der Waals surface area contributed by atoms with Gasteiger partial charge in [0.25, 0.3) is 5.69 Å². The smallest absolute Gasteiger partial charge is 0.270 e. The van der Waals surface area contributed by atoms with Gasteiger partial charge in [0.05, 0.1) is 4.92 Å². The fraction of sp³-hybridized carbons (Fsp3) is 0.200. The number of hydrogen-bond donors (Lipinski definition) is 1. The van der Waals surface area contributed by atoms with Crippen molar-refractivity contribution in [2.75, 3.05) is 6.54 Å². The van der Waals surface area contributed by atoms with Crippen molar-refractivity contribution in [3.05, 3.63) is 44.5 Å². The summed E-state index contributed by atoms with van der Waals surface area (Å²) in [4.78, 5) is 10.1. The van der Waals surface area contributed by atoms with Crippen molar-refractivity contribution in [2.45, 2.75) is 6.92 Å². The third-order valence-corrected chi connectivity index (χ3v) is 2.26. The summed E-state index contributed by atoms with van der Waals surface area (Å²) in [5, 5.41) is 11.0. The second kappa shape index (κ2) is 4.91. The summed E-state index contributed by atoms with van der Waals surface area (Å²) in [7, 11) is 0. The van der Waals surface area contributed by atoms with E-state index in [1.54, 1.807) is 6.08 Å². The molecule has 1 aromatic carbocycles. The molecule has 5 heteroatoms. The van der Waals surface area contributed by atoms with Crippen LogP contribution in [-0.2, 0) is 0 Å². The first-order valence-electron chi connectivity index (χ1n) is 4.35. The molecule has 0 aliphatic rings. The Morgan fingerprint density at radius 1 is 1.67 bits per heavy atom. The average Bonchev–Trinajstić information content (AvgIpc) is 2.20. The average molecular weight is 227 g/mol. The maximum absolute atomic E-state index is 10.5. The third kappa shape index (κ3) is 3.04. The molecule has 2 N–H and O–H groups in total. The fourth-order valence-corrected chi connectivity index (χ4v) is 1.25. The minimum absolute atomic E-state index is 0.0236. The summed E-state index contributed by atoms with van der Waals surface area (Å²) in [5.74, 6) is 0. The van der Waals surface area contributed by atoms with Crippen molar-refractivity contribution in [2.24, 2.45) is 5.73 Å². The van der Waals surface area contributed by atoms with Crippen LogP contribution in [0.3, 0.4) is 0 Å². The highest BCUT2D eigenvalue weighted by Crippen LogP contribution is 2.23. The Labute approximate surface area is 92.5 Å². The van der Waals surface area contributed by atoms with E-state index in [0.717, 1.165) is 5.57 Å². The Morgan fingerprint density at radius 3 is 2.87 bits per heavy atom. The second-order valence-corrected chi connectivity index (χ2v) is 3.56. The quantitative estimate of drug-likeness (QED) is 0.636. The van der Waals surface area contributed by atoms with Gasteiger partial charge in [-0.15, -0.1) is 0 Å². The lowest BCUT2D eigenvalue weighted by molar-refractivity contribution is -0.384. The van der Waals surface area contributed by atoms with Gasteiger partial charge in [0, 0.05) is 23.7 Å². The number of halogens is 1. The van der Waals surface area contributed by atoms with Gasteiger partial charge in [-0.2, -0.15) is 0 Å². The van der Waals surface area contributed by atoms with E-state index < -0.39 is 4.92 Å². The fourth-order valence-electron chi connectivity index (χ4n) is 1.08. The Morgan fingerprint density at radius 2 is 2.33 bits per heavy atom. The maximum atomic E-state index is 10.5. The molecule has 80 valence electrons. The van der Waals surface area contributed by atoms with Gasteiger partial charge >= 0.3 is 0 Å². The van der Waals surface area contributed by atoms with Crippen molar-refractivity contribution in [3.8, 4) is 0 Å². The molecule has 0 aromatic heterocycles. The van der Waals surface area contributed by atoms with Crippen molar-refractivity contribution in [1.82, 2.24) is 0 Å². The number of nitrogens with two attached hydrogens (primary N) is 1. The molecule has 4 nitrogen and oxygen atoms in total. The minimum Gasteiger partial charge on any atom is -0.327 e. The molecule has 1 aromatic rings. The molecular weight excluding hydrogens is 216 g/mol. The highest BCUT2D eigenvalue weighted by Gasteiger charge is 2.07. The molecule has 0 aliphatic carbocycles. The normalized spacial score (nSPS) is 11.5. The van der Waals surface area contributed by atoms with E-state index in [0.29, 0.717) is 17.1 Å². The highest BCUT2D eigenvalue weighted by molar-refractivity contribution is 6.32. The van der Waals surface area contributed by atoms with Crippen LogP contribution in [0, 0.1) is 10.1 Å². The van der Waals surface area contributed by atoms with Gasteiger partial charge in [0.1, 0.15) is 0 Å². The number of hydrogen-bond acceptors (Lipinski definition) is 3. The van der Waals surface area contributed by atoms with Gasteiger partial charge in [-0.05, 0) is 18.6 Å². The summed E-state index contributed by atoms with van der Waals surface area (Å²) in [6.45, 7) is 2.24. The molecule has 0 aliphatic heterocycles. The maximum Gasteiger partial charge on any atom is 0.270 e. The van der Waals surface area contributed by atoms with Gasteiger partial charge in [0.2, 0.25) is 0 Å². The first-order valence-corrected chi connectivity index (χ1v) is 4.73. The van der Waals surface area contributed by atoms with E-state index in [1.165, 1.54) is 18.2 Å². The molecule has 0 fully saturated rings. The molecule has 0 heterocycles. The predicted octanol–water partition coefficient (Wildman–Crippen LogP) is 2.61. The summed E-state index contributed by atoms with van der Waals surface area (Å²) in [5.41, 5.74) is 6.98. The van der Waals surface area contributed by atoms with Crippen LogP contribution in [0.4, 0.5) is 5.69 Å². The van der Waals surface area contributed by atoms with Crippen LogP contribution in [0.1, 0.15) is 12.5 Å². The second-order valence-electron chi connectivity index (χ2n) is 3.16. The van der Waals surface area contributed by atoms with Crippen LogP contribution >= 0.6 is 11.6 Å². The summed E-state index contributed by atoms with van der Waals surface area (Å²) < 4.78 is 0. The zero-order valence-corrected chi connectivity index (χ0v) is 8.99. The van der Waals surface area contributed by atoms with Gasteiger partial charge in [-0.3, -0.25) is 10.1 Å². The third-order valence-electron chi connectivity index (χ3n) is 1.91. The number of rotatable bonds is 3. The standard InChI is InChI=1S/C10H11ClN2O2/c1-7(6-12)4-8-5-9(13(14)15)2-3-10(8)11/h2-5H,6,12H2,1H3. The van der Waals surface area contributed by atoms with Crippen LogP contribution in [0.2, 0.25) is 5.02 Å². The van der Waals surface area contributed by atoms with Crippen molar-refractivity contribution in [3.63, 3.8) is 0 Å². The zero-order chi connectivity index (χ0) is 11.4.